The van der Waals surface area contributed by atoms with E-state index in [1.165, 1.54) is 0 Å². The summed E-state index contributed by atoms with van der Waals surface area (Å²) in [6, 6.07) is 9.76. The number of rotatable bonds is 7. The van der Waals surface area contributed by atoms with Crippen LogP contribution in [0.1, 0.15) is 41.4 Å². The Hall–Kier alpha value is -3.80. The molecule has 184 valence electrons. The lowest BCUT2D eigenvalue weighted by atomic mass is 10.1. The van der Waals surface area contributed by atoms with Gasteiger partial charge in [-0.05, 0) is 37.5 Å². The largest absolute Gasteiger partial charge is 0.396 e. The van der Waals surface area contributed by atoms with Crippen LogP contribution >= 0.6 is 0 Å². The molecule has 0 aliphatic carbocycles. The molecule has 4 N–H and O–H groups in total. The summed E-state index contributed by atoms with van der Waals surface area (Å²) in [7, 11) is 0. The van der Waals surface area contributed by atoms with Crippen LogP contribution < -0.4 is 11.1 Å². The van der Waals surface area contributed by atoms with Gasteiger partial charge in [0.2, 0.25) is 5.95 Å². The van der Waals surface area contributed by atoms with Crippen LogP contribution in [-0.2, 0) is 6.42 Å². The predicted octanol–water partition coefficient (Wildman–Crippen LogP) is 5.86. The van der Waals surface area contributed by atoms with E-state index in [9.17, 15) is 0 Å². The molecule has 7 nitrogen and oxygen atoms in total. The standard InChI is InChI=1S/C19H18N6.C5H10.C3H8O.2H2/c1-3-15(10-17-8-9-22-19(20)25-17)24-16-6-4-14(5-7-16)18-12-21-11-13(2)23-18;1-4-5(2)3;1-2-3-4;;/h4-9,11-12,24H,1,10H2,2H3,(H2,20,22,25);4-5H,1H2,2-3H3;4H,2-3H2,1H3;2*1H. The first-order valence-corrected chi connectivity index (χ1v) is 11.2. The third-order valence-electron chi connectivity index (χ3n) is 4.23. The number of nitrogens with two attached hydrogens (primary N) is 1. The first-order valence-electron chi connectivity index (χ1n) is 11.2. The highest BCUT2D eigenvalue weighted by atomic mass is 16.2. The van der Waals surface area contributed by atoms with Crippen molar-refractivity contribution in [2.24, 2.45) is 5.92 Å². The van der Waals surface area contributed by atoms with Crippen molar-refractivity contribution in [3.63, 3.8) is 0 Å². The Kier molecular flexibility index (Phi) is 13.2. The molecular weight excluding hydrogens is 424 g/mol. The Morgan fingerprint density at radius 1 is 1.21 bits per heavy atom. The molecule has 3 aromatic rings. The van der Waals surface area contributed by atoms with Gasteiger partial charge in [0.25, 0.3) is 0 Å². The Bertz CT molecular complexity index is 1070. The lowest BCUT2D eigenvalue weighted by Gasteiger charge is -2.10. The number of nitrogens with one attached hydrogen (secondary N) is 1. The fourth-order valence-corrected chi connectivity index (χ4v) is 2.34. The van der Waals surface area contributed by atoms with Gasteiger partial charge in [0.1, 0.15) is 0 Å². The van der Waals surface area contributed by atoms with Gasteiger partial charge >= 0.3 is 0 Å². The van der Waals surface area contributed by atoms with Crippen LogP contribution in [0.4, 0.5) is 11.6 Å². The molecule has 0 amide bonds. The Balaban J connectivity index is 0. The van der Waals surface area contributed by atoms with Crippen LogP contribution in [0.15, 0.2) is 79.6 Å². The van der Waals surface area contributed by atoms with Crippen molar-refractivity contribution < 1.29 is 7.96 Å². The molecule has 1 aromatic carbocycles. The van der Waals surface area contributed by atoms with Gasteiger partial charge in [-0.15, -0.1) is 12.3 Å². The topological polar surface area (TPSA) is 110 Å². The number of aromatic nitrogens is 4. The maximum Gasteiger partial charge on any atom is 0.220 e. The summed E-state index contributed by atoms with van der Waals surface area (Å²) in [5.74, 6) is 0.902. The first kappa shape index (κ1) is 28.2. The molecule has 3 rings (SSSR count). The summed E-state index contributed by atoms with van der Waals surface area (Å²) >= 11 is 0. The summed E-state index contributed by atoms with van der Waals surface area (Å²) < 4.78 is 0. The number of hydrogen-bond acceptors (Lipinski definition) is 7. The van der Waals surface area contributed by atoms with Gasteiger partial charge < -0.3 is 16.2 Å². The van der Waals surface area contributed by atoms with E-state index >= 15 is 0 Å². The van der Waals surface area contributed by atoms with E-state index in [4.69, 9.17) is 10.8 Å². The smallest absolute Gasteiger partial charge is 0.220 e. The fourth-order valence-electron chi connectivity index (χ4n) is 2.34. The molecule has 0 atom stereocenters. The maximum absolute atomic E-state index is 7.88. The predicted molar refractivity (Wildman–Crippen MR) is 145 cm³/mol. The van der Waals surface area contributed by atoms with Crippen molar-refractivity contribution in [2.45, 2.75) is 40.5 Å². The Morgan fingerprint density at radius 3 is 2.35 bits per heavy atom. The van der Waals surface area contributed by atoms with E-state index in [1.807, 2.05) is 50.3 Å². The summed E-state index contributed by atoms with van der Waals surface area (Å²) in [6.45, 7) is 15.7. The van der Waals surface area contributed by atoms with Gasteiger partial charge in [0.15, 0.2) is 0 Å². The van der Waals surface area contributed by atoms with E-state index in [1.54, 1.807) is 18.6 Å². The van der Waals surface area contributed by atoms with Crippen molar-refractivity contribution in [3.05, 3.63) is 91.0 Å². The summed E-state index contributed by atoms with van der Waals surface area (Å²) in [4.78, 5) is 16.7. The quantitative estimate of drug-likeness (QED) is 0.297. The zero-order chi connectivity index (χ0) is 25.3. The van der Waals surface area contributed by atoms with Gasteiger partial charge in [-0.25, -0.2) is 15.0 Å². The van der Waals surface area contributed by atoms with E-state index in [0.717, 1.165) is 40.5 Å². The summed E-state index contributed by atoms with van der Waals surface area (Å²) in [5, 5.41) is 11.2. The van der Waals surface area contributed by atoms with Gasteiger partial charge in [0.05, 0.1) is 29.0 Å². The third-order valence-corrected chi connectivity index (χ3v) is 4.23. The highest BCUT2D eigenvalue weighted by molar-refractivity contribution is 5.63. The number of anilines is 2. The van der Waals surface area contributed by atoms with Gasteiger partial charge in [-0.3, -0.25) is 4.98 Å². The zero-order valence-electron chi connectivity index (χ0n) is 20.6. The van der Waals surface area contributed by atoms with Gasteiger partial charge in [-0.1, -0.05) is 45.6 Å². The molecule has 0 saturated carbocycles. The van der Waals surface area contributed by atoms with Crippen LogP contribution in [0.2, 0.25) is 0 Å². The van der Waals surface area contributed by atoms with Crippen LogP contribution in [0.5, 0.6) is 0 Å². The molecule has 2 aromatic heterocycles. The molecular formula is C27H40N6O. The van der Waals surface area contributed by atoms with E-state index < -0.39 is 0 Å². The lowest BCUT2D eigenvalue weighted by molar-refractivity contribution is 0.295. The molecule has 2 heterocycles. The lowest BCUT2D eigenvalue weighted by Crippen LogP contribution is -2.05. The normalized spacial score (nSPS) is 9.59. The van der Waals surface area contributed by atoms with Crippen molar-refractivity contribution in [2.75, 3.05) is 17.7 Å². The number of nitrogen functional groups attached to an aromatic ring is 1. The number of allylic oxidation sites excluding steroid dienone is 2. The molecule has 0 aliphatic rings. The molecule has 0 spiro atoms. The number of hydrogen-bond donors (Lipinski definition) is 3. The minimum atomic E-state index is 0. The third kappa shape index (κ3) is 11.2. The van der Waals surface area contributed by atoms with E-state index in [-0.39, 0.29) is 8.80 Å². The number of benzene rings is 1. The average molecular weight is 465 g/mol. The van der Waals surface area contributed by atoms with Crippen LogP contribution in [0.3, 0.4) is 0 Å². The van der Waals surface area contributed by atoms with Crippen molar-refractivity contribution in [1.82, 2.24) is 19.9 Å². The number of aliphatic hydroxyl groups excluding tert-OH is 1. The average Bonchev–Trinajstić information content (AvgIpc) is 2.84. The highest BCUT2D eigenvalue weighted by Crippen LogP contribution is 2.20. The highest BCUT2D eigenvalue weighted by Gasteiger charge is 2.04. The molecule has 0 saturated heterocycles. The molecule has 7 heteroatoms. The Labute approximate surface area is 206 Å². The minimum Gasteiger partial charge on any atom is -0.396 e. The summed E-state index contributed by atoms with van der Waals surface area (Å²) in [5.41, 5.74) is 13.8. The van der Waals surface area contributed by atoms with Crippen LogP contribution in [0, 0.1) is 12.8 Å². The van der Waals surface area contributed by atoms with Gasteiger partial charge in [0, 0.05) is 39.5 Å². The van der Waals surface area contributed by atoms with Crippen LogP contribution in [0.25, 0.3) is 11.3 Å². The molecule has 0 bridgehead atoms. The van der Waals surface area contributed by atoms with E-state index in [2.05, 4.69) is 58.0 Å². The molecule has 0 unspecified atom stereocenters. The van der Waals surface area contributed by atoms with Gasteiger partial charge in [-0.2, -0.15) is 0 Å². The maximum atomic E-state index is 7.88. The Morgan fingerprint density at radius 2 is 1.85 bits per heavy atom. The number of aliphatic hydroxyl groups is 1. The summed E-state index contributed by atoms with van der Waals surface area (Å²) in [6.07, 6.45) is 8.46. The molecule has 0 radical (unpaired) electrons. The number of aryl methyl sites for hydroxylation is 1. The molecule has 0 fully saturated rings. The van der Waals surface area contributed by atoms with Crippen molar-refractivity contribution in [1.29, 1.82) is 0 Å². The van der Waals surface area contributed by atoms with Crippen molar-refractivity contribution >= 4 is 11.6 Å². The zero-order valence-corrected chi connectivity index (χ0v) is 20.6. The molecule has 0 aliphatic heterocycles. The van der Waals surface area contributed by atoms with E-state index in [0.29, 0.717) is 18.9 Å². The minimum absolute atomic E-state index is 0. The van der Waals surface area contributed by atoms with Crippen molar-refractivity contribution in [3.8, 4) is 11.3 Å². The SMILES string of the molecule is C=C=C(Cc1ccnc(N)n1)Nc1ccc(-c2cncc(C)n2)cc1.C=CC(C)C.CCCO.[HH].[HH]. The number of nitrogens with zero attached hydrogens (tertiary/aromatic N) is 4. The monoisotopic (exact) mass is 464 g/mol. The first-order chi connectivity index (χ1) is 16.3. The second-order valence-electron chi connectivity index (χ2n) is 7.69. The second-order valence-corrected chi connectivity index (χ2v) is 7.69. The fraction of sp³-hybridized carbons (Fsp3) is 0.296. The second kappa shape index (κ2) is 15.9. The van der Waals surface area contributed by atoms with Crippen LogP contribution in [-0.4, -0.2) is 31.6 Å². The molecule has 34 heavy (non-hydrogen) atoms.